The number of benzene rings is 1. The monoisotopic (exact) mass is 288 g/mol. The zero-order chi connectivity index (χ0) is 15.4. The predicted molar refractivity (Wildman–Crippen MR) is 78.8 cm³/mol. The lowest BCUT2D eigenvalue weighted by atomic mass is 10.1. The molecule has 5 nitrogen and oxygen atoms in total. The molecule has 0 atom stereocenters. The highest BCUT2D eigenvalue weighted by Crippen LogP contribution is 2.11. The number of amides is 2. The second-order valence-electron chi connectivity index (χ2n) is 5.42. The highest BCUT2D eigenvalue weighted by Gasteiger charge is 2.33. The Kier molecular flexibility index (Phi) is 4.73. The van der Waals surface area contributed by atoms with Crippen LogP contribution in [-0.4, -0.2) is 53.1 Å². The SMILES string of the molecule is CC(C)N1CCN(CCC(=O)c2ccccc2)C(=O)C1=O. The summed E-state index contributed by atoms with van der Waals surface area (Å²) in [6.45, 7) is 5.09. The second kappa shape index (κ2) is 6.52. The van der Waals surface area contributed by atoms with E-state index in [2.05, 4.69) is 0 Å². The number of nitrogens with zero attached hydrogens (tertiary/aromatic N) is 2. The first-order chi connectivity index (χ1) is 10.0. The standard InChI is InChI=1S/C16H20N2O3/c1-12(2)18-11-10-17(15(20)16(18)21)9-8-14(19)13-6-4-3-5-7-13/h3-7,12H,8-11H2,1-2H3. The number of piperazine rings is 1. The molecule has 0 saturated carbocycles. The molecule has 112 valence electrons. The summed E-state index contributed by atoms with van der Waals surface area (Å²) in [5, 5.41) is 0. The lowest BCUT2D eigenvalue weighted by molar-refractivity contribution is -0.157. The van der Waals surface area contributed by atoms with Crippen LogP contribution in [0, 0.1) is 0 Å². The number of hydrogen-bond acceptors (Lipinski definition) is 3. The highest BCUT2D eigenvalue weighted by atomic mass is 16.2. The quantitative estimate of drug-likeness (QED) is 0.607. The maximum Gasteiger partial charge on any atom is 0.312 e. The molecule has 0 radical (unpaired) electrons. The Morgan fingerprint density at radius 1 is 1.10 bits per heavy atom. The molecule has 1 heterocycles. The van der Waals surface area contributed by atoms with E-state index < -0.39 is 11.8 Å². The van der Waals surface area contributed by atoms with Crippen LogP contribution in [0.1, 0.15) is 30.6 Å². The molecule has 0 aromatic heterocycles. The third kappa shape index (κ3) is 3.48. The van der Waals surface area contributed by atoms with E-state index in [1.807, 2.05) is 32.0 Å². The minimum Gasteiger partial charge on any atom is -0.332 e. The Morgan fingerprint density at radius 3 is 2.38 bits per heavy atom. The van der Waals surface area contributed by atoms with Gasteiger partial charge >= 0.3 is 11.8 Å². The Bertz CT molecular complexity index is 540. The first-order valence-electron chi connectivity index (χ1n) is 7.19. The van der Waals surface area contributed by atoms with Crippen LogP contribution in [0.3, 0.4) is 0 Å². The van der Waals surface area contributed by atoms with Crippen molar-refractivity contribution in [2.45, 2.75) is 26.3 Å². The number of Topliss-reactive ketones (excluding diaryl/α,β-unsaturated/α-hetero) is 1. The second-order valence-corrected chi connectivity index (χ2v) is 5.42. The van der Waals surface area contributed by atoms with Crippen LogP contribution in [0.5, 0.6) is 0 Å². The van der Waals surface area contributed by atoms with Gasteiger partial charge in [0.2, 0.25) is 0 Å². The minimum atomic E-state index is -0.504. The lowest BCUT2D eigenvalue weighted by Gasteiger charge is -2.35. The molecular weight excluding hydrogens is 268 g/mol. The van der Waals surface area contributed by atoms with Crippen molar-refractivity contribution >= 4 is 17.6 Å². The van der Waals surface area contributed by atoms with Gasteiger partial charge < -0.3 is 9.80 Å². The molecule has 1 fully saturated rings. The lowest BCUT2D eigenvalue weighted by Crippen LogP contribution is -2.56. The molecule has 21 heavy (non-hydrogen) atoms. The fraction of sp³-hybridized carbons (Fsp3) is 0.438. The highest BCUT2D eigenvalue weighted by molar-refractivity contribution is 6.35. The van der Waals surface area contributed by atoms with Gasteiger partial charge in [0.15, 0.2) is 5.78 Å². The summed E-state index contributed by atoms with van der Waals surface area (Å²) >= 11 is 0. The molecule has 1 aromatic carbocycles. The number of hydrogen-bond donors (Lipinski definition) is 0. The molecule has 1 aromatic rings. The van der Waals surface area contributed by atoms with Crippen molar-refractivity contribution in [2.75, 3.05) is 19.6 Å². The summed E-state index contributed by atoms with van der Waals surface area (Å²) in [6.07, 6.45) is 0.241. The van der Waals surface area contributed by atoms with Crippen LogP contribution in [0.4, 0.5) is 0 Å². The fourth-order valence-electron chi connectivity index (χ4n) is 2.40. The van der Waals surface area contributed by atoms with Crippen molar-refractivity contribution in [2.24, 2.45) is 0 Å². The minimum absolute atomic E-state index is 0.0119. The predicted octanol–water partition coefficient (Wildman–Crippen LogP) is 1.34. The van der Waals surface area contributed by atoms with E-state index in [1.165, 1.54) is 4.90 Å². The van der Waals surface area contributed by atoms with Crippen molar-refractivity contribution in [3.63, 3.8) is 0 Å². The molecule has 0 spiro atoms. The average Bonchev–Trinajstić information content (AvgIpc) is 2.49. The van der Waals surface area contributed by atoms with Crippen molar-refractivity contribution in [3.8, 4) is 0 Å². The van der Waals surface area contributed by atoms with E-state index in [4.69, 9.17) is 0 Å². The molecule has 0 unspecified atom stereocenters. The first-order valence-corrected chi connectivity index (χ1v) is 7.19. The summed E-state index contributed by atoms with van der Waals surface area (Å²) < 4.78 is 0. The molecule has 5 heteroatoms. The van der Waals surface area contributed by atoms with Gasteiger partial charge in [-0.3, -0.25) is 14.4 Å². The molecule has 1 saturated heterocycles. The van der Waals surface area contributed by atoms with Gasteiger partial charge in [-0.05, 0) is 13.8 Å². The van der Waals surface area contributed by atoms with Crippen molar-refractivity contribution in [1.29, 1.82) is 0 Å². The van der Waals surface area contributed by atoms with Gasteiger partial charge in [0.05, 0.1) is 0 Å². The molecule has 0 bridgehead atoms. The smallest absolute Gasteiger partial charge is 0.312 e. The molecule has 2 rings (SSSR count). The fourth-order valence-corrected chi connectivity index (χ4v) is 2.40. The maximum atomic E-state index is 12.0. The van der Waals surface area contributed by atoms with Crippen LogP contribution < -0.4 is 0 Å². The average molecular weight is 288 g/mol. The van der Waals surface area contributed by atoms with Gasteiger partial charge in [-0.15, -0.1) is 0 Å². The van der Waals surface area contributed by atoms with Crippen LogP contribution >= 0.6 is 0 Å². The normalized spacial score (nSPS) is 15.8. The molecule has 2 amide bonds. The molecule has 1 aliphatic heterocycles. The van der Waals surface area contributed by atoms with E-state index in [0.29, 0.717) is 25.2 Å². The third-order valence-electron chi connectivity index (χ3n) is 3.67. The van der Waals surface area contributed by atoms with Gasteiger partial charge in [0, 0.05) is 37.7 Å². The summed E-state index contributed by atoms with van der Waals surface area (Å²) in [4.78, 5) is 39.0. The topological polar surface area (TPSA) is 57.7 Å². The zero-order valence-corrected chi connectivity index (χ0v) is 12.4. The van der Waals surface area contributed by atoms with E-state index >= 15 is 0 Å². The van der Waals surface area contributed by atoms with Gasteiger partial charge in [-0.25, -0.2) is 0 Å². The van der Waals surface area contributed by atoms with Crippen molar-refractivity contribution in [3.05, 3.63) is 35.9 Å². The summed E-state index contributed by atoms with van der Waals surface area (Å²) in [6, 6.07) is 9.00. The molecular formula is C16H20N2O3. The van der Waals surface area contributed by atoms with Crippen LogP contribution in [0.25, 0.3) is 0 Å². The number of ketones is 1. The Morgan fingerprint density at radius 2 is 1.76 bits per heavy atom. The molecule has 1 aliphatic rings. The van der Waals surface area contributed by atoms with Gasteiger partial charge in [0.1, 0.15) is 0 Å². The van der Waals surface area contributed by atoms with Crippen molar-refractivity contribution < 1.29 is 14.4 Å². The maximum absolute atomic E-state index is 12.0. The molecule has 0 aliphatic carbocycles. The first kappa shape index (κ1) is 15.2. The van der Waals surface area contributed by atoms with Gasteiger partial charge in [-0.1, -0.05) is 30.3 Å². The van der Waals surface area contributed by atoms with E-state index in [1.54, 1.807) is 17.0 Å². The van der Waals surface area contributed by atoms with Crippen LogP contribution in [-0.2, 0) is 9.59 Å². The van der Waals surface area contributed by atoms with Gasteiger partial charge in [-0.2, -0.15) is 0 Å². The van der Waals surface area contributed by atoms with Crippen LogP contribution in [0.2, 0.25) is 0 Å². The van der Waals surface area contributed by atoms with E-state index in [9.17, 15) is 14.4 Å². The molecule has 0 N–H and O–H groups in total. The third-order valence-corrected chi connectivity index (χ3v) is 3.67. The van der Waals surface area contributed by atoms with E-state index in [-0.39, 0.29) is 18.2 Å². The Hall–Kier alpha value is -2.17. The van der Waals surface area contributed by atoms with Gasteiger partial charge in [0.25, 0.3) is 0 Å². The zero-order valence-electron chi connectivity index (χ0n) is 12.4. The summed E-state index contributed by atoms with van der Waals surface area (Å²) in [5.74, 6) is -0.985. The van der Waals surface area contributed by atoms with Crippen LogP contribution in [0.15, 0.2) is 30.3 Å². The number of carbonyl (C=O) groups is 3. The largest absolute Gasteiger partial charge is 0.332 e. The summed E-state index contributed by atoms with van der Waals surface area (Å²) in [5.41, 5.74) is 0.636. The number of rotatable bonds is 5. The number of carbonyl (C=O) groups excluding carboxylic acids is 3. The summed E-state index contributed by atoms with van der Waals surface area (Å²) in [7, 11) is 0. The Labute approximate surface area is 124 Å². The van der Waals surface area contributed by atoms with Crippen molar-refractivity contribution in [1.82, 2.24) is 9.80 Å². The van der Waals surface area contributed by atoms with E-state index in [0.717, 1.165) is 0 Å². The Balaban J connectivity index is 1.91.